The lowest BCUT2D eigenvalue weighted by molar-refractivity contribution is -0.191. The van der Waals surface area contributed by atoms with Crippen molar-refractivity contribution < 1.29 is 18.0 Å². The Morgan fingerprint density at radius 2 is 2.05 bits per heavy atom. The molecule has 0 spiro atoms. The van der Waals surface area contributed by atoms with Crippen molar-refractivity contribution in [2.45, 2.75) is 78.3 Å². The molecule has 0 aromatic rings. The van der Waals surface area contributed by atoms with Crippen molar-refractivity contribution in [1.29, 1.82) is 0 Å². The molecule has 0 aromatic carbocycles. The first kappa shape index (κ1) is 17.5. The summed E-state index contributed by atoms with van der Waals surface area (Å²) in [6.07, 6.45) is 0.768. The molecule has 0 bridgehead atoms. The fourth-order valence-corrected chi connectivity index (χ4v) is 3.24. The number of hydrogen-bond acceptors (Lipinski definition) is 1. The maximum Gasteiger partial charge on any atom is 0.391 e. The topological polar surface area (TPSA) is 17.1 Å². The molecule has 1 nitrogen and oxygen atoms in total. The molecule has 0 saturated heterocycles. The van der Waals surface area contributed by atoms with Crippen LogP contribution in [0, 0.1) is 17.3 Å². The van der Waals surface area contributed by atoms with E-state index in [1.807, 2.05) is 20.8 Å². The summed E-state index contributed by atoms with van der Waals surface area (Å²) < 4.78 is 38.5. The SMILES string of the molecule is CCC(C)C(=O)CCCC1(C)CCCC(C(F)(F)F)C1. The highest BCUT2D eigenvalue weighted by molar-refractivity contribution is 5.80. The van der Waals surface area contributed by atoms with Crippen LogP contribution in [-0.2, 0) is 4.79 Å². The van der Waals surface area contributed by atoms with Gasteiger partial charge < -0.3 is 0 Å². The summed E-state index contributed by atoms with van der Waals surface area (Å²) in [5, 5.41) is 0. The molecule has 4 heteroatoms. The maximum absolute atomic E-state index is 12.8. The van der Waals surface area contributed by atoms with Crippen LogP contribution in [0.25, 0.3) is 0 Å². The zero-order valence-corrected chi connectivity index (χ0v) is 12.9. The van der Waals surface area contributed by atoms with E-state index in [1.54, 1.807) is 0 Å². The van der Waals surface area contributed by atoms with Crippen LogP contribution in [0.2, 0.25) is 0 Å². The van der Waals surface area contributed by atoms with Crippen molar-refractivity contribution in [2.75, 3.05) is 0 Å². The van der Waals surface area contributed by atoms with Gasteiger partial charge in [-0.15, -0.1) is 0 Å². The van der Waals surface area contributed by atoms with E-state index in [0.29, 0.717) is 12.8 Å². The number of carbonyl (C=O) groups is 1. The van der Waals surface area contributed by atoms with E-state index in [1.165, 1.54) is 0 Å². The van der Waals surface area contributed by atoms with Crippen LogP contribution >= 0.6 is 0 Å². The molecular formula is C16H27F3O. The third-order valence-electron chi connectivity index (χ3n) is 4.90. The van der Waals surface area contributed by atoms with E-state index in [-0.39, 0.29) is 30.0 Å². The zero-order valence-electron chi connectivity index (χ0n) is 12.9. The number of halogens is 3. The number of rotatable bonds is 6. The van der Waals surface area contributed by atoms with Crippen LogP contribution in [0.4, 0.5) is 13.2 Å². The first-order chi connectivity index (χ1) is 9.18. The van der Waals surface area contributed by atoms with Crippen molar-refractivity contribution in [3.8, 4) is 0 Å². The Bertz CT molecular complexity index is 324. The molecule has 118 valence electrons. The normalized spacial score (nSPS) is 29.2. The first-order valence-corrected chi connectivity index (χ1v) is 7.77. The molecule has 1 saturated carbocycles. The zero-order chi connectivity index (χ0) is 15.4. The van der Waals surface area contributed by atoms with Gasteiger partial charge in [-0.3, -0.25) is 4.79 Å². The van der Waals surface area contributed by atoms with Gasteiger partial charge in [0.2, 0.25) is 0 Å². The molecule has 0 heterocycles. The molecule has 1 aliphatic rings. The number of hydrogen-bond donors (Lipinski definition) is 0. The average molecular weight is 292 g/mol. The molecule has 0 radical (unpaired) electrons. The van der Waals surface area contributed by atoms with Crippen molar-refractivity contribution in [3.63, 3.8) is 0 Å². The predicted octanol–water partition coefficient (Wildman–Crippen LogP) is 5.53. The van der Waals surface area contributed by atoms with Crippen molar-refractivity contribution >= 4 is 5.78 Å². The summed E-state index contributed by atoms with van der Waals surface area (Å²) in [4.78, 5) is 11.8. The lowest BCUT2D eigenvalue weighted by Crippen LogP contribution is -2.34. The summed E-state index contributed by atoms with van der Waals surface area (Å²) in [6.45, 7) is 5.86. The van der Waals surface area contributed by atoms with Gasteiger partial charge in [0.05, 0.1) is 5.92 Å². The van der Waals surface area contributed by atoms with Crippen LogP contribution in [0.5, 0.6) is 0 Å². The quantitative estimate of drug-likeness (QED) is 0.629. The van der Waals surface area contributed by atoms with Gasteiger partial charge in [0.15, 0.2) is 0 Å². The van der Waals surface area contributed by atoms with Crippen LogP contribution in [0.1, 0.15) is 72.1 Å². The maximum atomic E-state index is 12.8. The summed E-state index contributed by atoms with van der Waals surface area (Å²) in [5.74, 6) is -0.817. The van der Waals surface area contributed by atoms with E-state index in [0.717, 1.165) is 25.7 Å². The van der Waals surface area contributed by atoms with E-state index < -0.39 is 12.1 Å². The molecule has 20 heavy (non-hydrogen) atoms. The molecule has 0 N–H and O–H groups in total. The molecule has 1 aliphatic carbocycles. The smallest absolute Gasteiger partial charge is 0.299 e. The second kappa shape index (κ2) is 6.95. The van der Waals surface area contributed by atoms with Crippen LogP contribution < -0.4 is 0 Å². The number of alkyl halides is 3. The third kappa shape index (κ3) is 5.10. The van der Waals surface area contributed by atoms with Crippen molar-refractivity contribution in [3.05, 3.63) is 0 Å². The molecule has 0 amide bonds. The highest BCUT2D eigenvalue weighted by atomic mass is 19.4. The Kier molecular flexibility index (Phi) is 6.08. The van der Waals surface area contributed by atoms with E-state index in [2.05, 4.69) is 0 Å². The summed E-state index contributed by atoms with van der Waals surface area (Å²) in [6, 6.07) is 0. The Morgan fingerprint density at radius 3 is 2.60 bits per heavy atom. The van der Waals surface area contributed by atoms with E-state index in [9.17, 15) is 18.0 Å². The van der Waals surface area contributed by atoms with E-state index in [4.69, 9.17) is 0 Å². The first-order valence-electron chi connectivity index (χ1n) is 7.77. The minimum atomic E-state index is -4.06. The molecule has 1 fully saturated rings. The van der Waals surface area contributed by atoms with Gasteiger partial charge in [-0.05, 0) is 43.9 Å². The number of carbonyl (C=O) groups excluding carboxylic acids is 1. The van der Waals surface area contributed by atoms with Crippen LogP contribution in [0.3, 0.4) is 0 Å². The summed E-state index contributed by atoms with van der Waals surface area (Å²) in [7, 11) is 0. The Balaban J connectivity index is 2.44. The Hall–Kier alpha value is -0.540. The van der Waals surface area contributed by atoms with Gasteiger partial charge in [-0.1, -0.05) is 27.2 Å². The number of Topliss-reactive ketones (excluding diaryl/α,β-unsaturated/α-hetero) is 1. The summed E-state index contributed by atoms with van der Waals surface area (Å²) >= 11 is 0. The fraction of sp³-hybridized carbons (Fsp3) is 0.938. The minimum absolute atomic E-state index is 0.0806. The largest absolute Gasteiger partial charge is 0.391 e. The fourth-order valence-electron chi connectivity index (χ4n) is 3.24. The molecule has 3 atom stereocenters. The minimum Gasteiger partial charge on any atom is -0.299 e. The average Bonchev–Trinajstić information content (AvgIpc) is 2.36. The van der Waals surface area contributed by atoms with Crippen molar-refractivity contribution in [2.24, 2.45) is 17.3 Å². The van der Waals surface area contributed by atoms with Gasteiger partial charge in [-0.25, -0.2) is 0 Å². The van der Waals surface area contributed by atoms with Crippen molar-refractivity contribution in [1.82, 2.24) is 0 Å². The highest BCUT2D eigenvalue weighted by Gasteiger charge is 2.45. The highest BCUT2D eigenvalue weighted by Crippen LogP contribution is 2.48. The lowest BCUT2D eigenvalue weighted by Gasteiger charge is -2.39. The predicted molar refractivity (Wildman–Crippen MR) is 74.4 cm³/mol. The van der Waals surface area contributed by atoms with E-state index >= 15 is 0 Å². The second-order valence-electron chi connectivity index (χ2n) is 6.77. The molecule has 1 rings (SSSR count). The van der Waals surface area contributed by atoms with Gasteiger partial charge in [0.1, 0.15) is 5.78 Å². The number of ketones is 1. The summed E-state index contributed by atoms with van der Waals surface area (Å²) in [5.41, 5.74) is -0.242. The Morgan fingerprint density at radius 1 is 1.40 bits per heavy atom. The van der Waals surface area contributed by atoms with Gasteiger partial charge in [0, 0.05) is 12.3 Å². The van der Waals surface area contributed by atoms with Gasteiger partial charge in [0.25, 0.3) is 0 Å². The molecule has 0 aromatic heterocycles. The molecule has 0 aliphatic heterocycles. The van der Waals surface area contributed by atoms with Gasteiger partial charge >= 0.3 is 6.18 Å². The molecule has 3 unspecified atom stereocenters. The third-order valence-corrected chi connectivity index (χ3v) is 4.90. The lowest BCUT2D eigenvalue weighted by atomic mass is 9.68. The Labute approximate surface area is 120 Å². The van der Waals surface area contributed by atoms with Gasteiger partial charge in [-0.2, -0.15) is 13.2 Å². The van der Waals surface area contributed by atoms with Crippen LogP contribution in [-0.4, -0.2) is 12.0 Å². The second-order valence-corrected chi connectivity index (χ2v) is 6.77. The monoisotopic (exact) mass is 292 g/mol. The van der Waals surface area contributed by atoms with Crippen LogP contribution in [0.15, 0.2) is 0 Å². The standard InChI is InChI=1S/C16H27F3O/c1-4-12(2)14(20)8-6-10-15(3)9-5-7-13(11-15)16(17,18)19/h12-13H,4-11H2,1-3H3. The molecular weight excluding hydrogens is 265 g/mol.